The number of ether oxygens (including phenoxy) is 1. The molecule has 0 aromatic heterocycles. The van der Waals surface area contributed by atoms with Crippen molar-refractivity contribution in [1.29, 1.82) is 0 Å². The number of carbonyl (C=O) groups is 3. The molecule has 1 unspecified atom stereocenters. The smallest absolute Gasteiger partial charge is 0.303 e. The van der Waals surface area contributed by atoms with Crippen LogP contribution in [0, 0.1) is 5.82 Å². The lowest BCUT2D eigenvalue weighted by atomic mass is 9.63. The van der Waals surface area contributed by atoms with E-state index in [1.54, 1.807) is 0 Å². The minimum atomic E-state index is -4.06. The van der Waals surface area contributed by atoms with Gasteiger partial charge < -0.3 is 50.7 Å². The lowest BCUT2D eigenvalue weighted by Gasteiger charge is -2.52. The molecule has 0 bridgehead atoms. The Balaban J connectivity index is 1.45. The Morgan fingerprint density at radius 2 is 1.64 bits per heavy atom. The van der Waals surface area contributed by atoms with Gasteiger partial charge in [0.2, 0.25) is 5.91 Å². The molecule has 15 nitrogen and oxygen atoms in total. The van der Waals surface area contributed by atoms with Crippen molar-refractivity contribution >= 4 is 31.3 Å². The van der Waals surface area contributed by atoms with Crippen molar-refractivity contribution in [3.05, 3.63) is 46.3 Å². The summed E-state index contributed by atoms with van der Waals surface area (Å²) in [5.74, 6) is -16.4. The van der Waals surface area contributed by atoms with E-state index in [1.807, 2.05) is 4.90 Å². The van der Waals surface area contributed by atoms with Gasteiger partial charge in [0, 0.05) is 49.5 Å². The highest BCUT2D eigenvalue weighted by Crippen LogP contribution is 2.44. The zero-order chi connectivity index (χ0) is 30.8. The molecule has 2 saturated heterocycles. The van der Waals surface area contributed by atoms with Crippen molar-refractivity contribution in [1.82, 2.24) is 15.1 Å². The summed E-state index contributed by atoms with van der Waals surface area (Å²) in [6.07, 6.45) is 0. The lowest BCUT2D eigenvalue weighted by Crippen LogP contribution is -2.86. The quantitative estimate of drug-likeness (QED) is 0.0548. The van der Waals surface area contributed by atoms with Crippen LogP contribution in [0.3, 0.4) is 0 Å². The van der Waals surface area contributed by atoms with Crippen LogP contribution in [0.4, 0.5) is 10.1 Å². The molecule has 3 aliphatic heterocycles. The van der Waals surface area contributed by atoms with Gasteiger partial charge in [-0.2, -0.15) is 0 Å². The molecule has 2 aromatic carbocycles. The molecule has 2 fully saturated rings. The molecular formula is C25H26BFN4O11. The zero-order valence-corrected chi connectivity index (χ0v) is 21.8. The second-order valence-corrected chi connectivity index (χ2v) is 10.2. The average Bonchev–Trinajstić information content (AvgIpc) is 3.30. The number of nitrogens with one attached hydrogen (secondary N) is 2. The fourth-order valence-electron chi connectivity index (χ4n) is 5.23. The fourth-order valence-corrected chi connectivity index (χ4v) is 5.23. The third-order valence-electron chi connectivity index (χ3n) is 7.80. The molecule has 5 rings (SSSR count). The number of imide groups is 1. The van der Waals surface area contributed by atoms with Crippen LogP contribution < -0.4 is 10.6 Å². The number of amides is 3. The Morgan fingerprint density at radius 1 is 0.976 bits per heavy atom. The Labute approximate surface area is 237 Å². The zero-order valence-electron chi connectivity index (χ0n) is 21.8. The summed E-state index contributed by atoms with van der Waals surface area (Å²) >= 11 is 0. The first-order valence-corrected chi connectivity index (χ1v) is 12.6. The summed E-state index contributed by atoms with van der Waals surface area (Å²) in [5.41, 5.74) is -3.68. The van der Waals surface area contributed by atoms with E-state index >= 15 is 4.39 Å². The Bertz CT molecular complexity index is 1500. The molecule has 0 spiro atoms. The highest BCUT2D eigenvalue weighted by Gasteiger charge is 2.73. The number of halogens is 1. The van der Waals surface area contributed by atoms with Crippen LogP contribution in [0.25, 0.3) is 0 Å². The third-order valence-corrected chi connectivity index (χ3v) is 7.80. The minimum Gasteiger partial charge on any atom is -0.507 e. The van der Waals surface area contributed by atoms with Crippen molar-refractivity contribution in [2.24, 2.45) is 0 Å². The summed E-state index contributed by atoms with van der Waals surface area (Å²) in [5, 5.41) is 76.8. The molecule has 0 aliphatic carbocycles. The van der Waals surface area contributed by atoms with E-state index < -0.39 is 76.5 Å². The Hall–Kier alpha value is -4.00. The molecular weight excluding hydrogens is 562 g/mol. The monoisotopic (exact) mass is 588 g/mol. The SMILES string of the molecule is [B]C1(N2Cc3c(NCc4c(O)c(CN5CCOCC5)c(O)c(O)c4F)cccc3C2=O)C(=O)NC(=O)C(O)(O)C1(O)O. The van der Waals surface area contributed by atoms with Crippen LogP contribution in [-0.4, -0.2) is 114 Å². The summed E-state index contributed by atoms with van der Waals surface area (Å²) in [6, 6.07) is 4.11. The maximum atomic E-state index is 15.0. The van der Waals surface area contributed by atoms with Crippen LogP contribution in [-0.2, 0) is 34.0 Å². The molecule has 9 N–H and O–H groups in total. The van der Waals surface area contributed by atoms with Gasteiger partial charge in [0.15, 0.2) is 17.3 Å². The van der Waals surface area contributed by atoms with E-state index in [0.29, 0.717) is 31.2 Å². The predicted molar refractivity (Wildman–Crippen MR) is 137 cm³/mol. The number of benzene rings is 2. The van der Waals surface area contributed by atoms with Gasteiger partial charge in [-0.05, 0) is 12.1 Å². The van der Waals surface area contributed by atoms with Gasteiger partial charge in [-0.1, -0.05) is 6.07 Å². The van der Waals surface area contributed by atoms with Gasteiger partial charge >= 0.3 is 5.79 Å². The number of fused-ring (bicyclic) bond motifs is 1. The number of nitrogens with zero attached hydrogens (tertiary/aromatic N) is 2. The van der Waals surface area contributed by atoms with Crippen molar-refractivity contribution in [2.45, 2.75) is 36.6 Å². The van der Waals surface area contributed by atoms with Crippen LogP contribution in [0.1, 0.15) is 27.0 Å². The Morgan fingerprint density at radius 3 is 2.31 bits per heavy atom. The molecule has 222 valence electrons. The van der Waals surface area contributed by atoms with E-state index in [1.165, 1.54) is 23.5 Å². The number of piperidine rings is 1. The minimum absolute atomic E-state index is 0.0174. The molecule has 3 heterocycles. The van der Waals surface area contributed by atoms with Gasteiger partial charge in [0.1, 0.15) is 19.0 Å². The van der Waals surface area contributed by atoms with Crippen molar-refractivity contribution in [3.8, 4) is 17.2 Å². The van der Waals surface area contributed by atoms with E-state index in [-0.39, 0.29) is 28.9 Å². The van der Waals surface area contributed by atoms with Crippen molar-refractivity contribution in [3.63, 3.8) is 0 Å². The van der Waals surface area contributed by atoms with Crippen LogP contribution in [0.5, 0.6) is 17.2 Å². The van der Waals surface area contributed by atoms with Crippen LogP contribution in [0.15, 0.2) is 18.2 Å². The molecule has 17 heteroatoms. The lowest BCUT2D eigenvalue weighted by molar-refractivity contribution is -0.362. The number of morpholine rings is 1. The topological polar surface area (TPSA) is 233 Å². The first-order chi connectivity index (χ1) is 19.6. The van der Waals surface area contributed by atoms with E-state index in [9.17, 15) is 50.1 Å². The van der Waals surface area contributed by atoms with Crippen LogP contribution >= 0.6 is 0 Å². The normalized spacial score (nSPS) is 23.5. The number of rotatable bonds is 6. The number of anilines is 1. The van der Waals surface area contributed by atoms with E-state index in [4.69, 9.17) is 12.6 Å². The molecule has 3 amide bonds. The number of phenols is 3. The molecule has 0 saturated carbocycles. The average molecular weight is 588 g/mol. The van der Waals surface area contributed by atoms with Crippen LogP contribution in [0.2, 0.25) is 0 Å². The molecule has 2 aromatic rings. The number of hydrogen-bond acceptors (Lipinski definition) is 13. The second-order valence-electron chi connectivity index (χ2n) is 10.2. The fraction of sp³-hybridized carbons (Fsp3) is 0.400. The second kappa shape index (κ2) is 10.1. The first-order valence-electron chi connectivity index (χ1n) is 12.6. The van der Waals surface area contributed by atoms with Gasteiger partial charge in [-0.15, -0.1) is 0 Å². The third kappa shape index (κ3) is 4.16. The maximum Gasteiger partial charge on any atom is 0.303 e. The maximum absolute atomic E-state index is 15.0. The number of carbonyl (C=O) groups excluding carboxylic acids is 3. The molecule has 3 aliphatic rings. The highest BCUT2D eigenvalue weighted by molar-refractivity contribution is 6.34. The van der Waals surface area contributed by atoms with Gasteiger partial charge in [-0.25, -0.2) is 4.39 Å². The summed E-state index contributed by atoms with van der Waals surface area (Å²) in [4.78, 5) is 40.0. The highest BCUT2D eigenvalue weighted by atomic mass is 19.1. The van der Waals surface area contributed by atoms with E-state index in [2.05, 4.69) is 5.32 Å². The van der Waals surface area contributed by atoms with Gasteiger partial charge in [0.25, 0.3) is 17.6 Å². The van der Waals surface area contributed by atoms with Gasteiger partial charge in [-0.3, -0.25) is 24.6 Å². The largest absolute Gasteiger partial charge is 0.507 e. The standard InChI is InChI=1S/C25H26BFN4O11/c26-23(21(36)29-22(37)24(38,39)25(23,40)41)31-10-13-11(20(31)35)2-1-3-15(13)28-8-12-16(27)19(34)18(33)14(17(12)32)9-30-4-6-42-7-5-30/h1-3,28,32-34,38-41H,4-10H2,(H,29,36,37). The van der Waals surface area contributed by atoms with Crippen molar-refractivity contribution < 1.29 is 59.3 Å². The van der Waals surface area contributed by atoms with Gasteiger partial charge in [0.05, 0.1) is 24.3 Å². The van der Waals surface area contributed by atoms with E-state index in [0.717, 1.165) is 0 Å². The number of aliphatic hydroxyl groups is 4. The molecule has 42 heavy (non-hydrogen) atoms. The Kier molecular flexibility index (Phi) is 7.08. The summed E-state index contributed by atoms with van der Waals surface area (Å²) in [7, 11) is 5.93. The molecule has 1 atom stereocenters. The number of aromatic hydroxyl groups is 3. The summed E-state index contributed by atoms with van der Waals surface area (Å²) < 4.78 is 20.3. The van der Waals surface area contributed by atoms with Crippen molar-refractivity contribution in [2.75, 3.05) is 31.6 Å². The first kappa shape index (κ1) is 29.5. The number of phenolic OH excluding ortho intramolecular Hbond substituents is 3. The summed E-state index contributed by atoms with van der Waals surface area (Å²) in [6.45, 7) is 0.641. The predicted octanol–water partition coefficient (Wildman–Crippen LogP) is -2.77. The molecule has 2 radical (unpaired) electrons. The number of hydrogen-bond donors (Lipinski definition) is 9.